The van der Waals surface area contributed by atoms with Crippen LogP contribution < -0.4 is 14.8 Å². The number of ether oxygens (including phenoxy) is 2. The van der Waals surface area contributed by atoms with Gasteiger partial charge in [-0.05, 0) is 24.1 Å². The van der Waals surface area contributed by atoms with E-state index in [4.69, 9.17) is 9.47 Å². The summed E-state index contributed by atoms with van der Waals surface area (Å²) in [5, 5.41) is 7.19. The summed E-state index contributed by atoms with van der Waals surface area (Å²) >= 11 is 0. The molecular formula is C18H22N4O3. The van der Waals surface area contributed by atoms with E-state index in [0.717, 1.165) is 18.0 Å². The molecule has 7 heteroatoms. The van der Waals surface area contributed by atoms with Crippen LogP contribution >= 0.6 is 0 Å². The Morgan fingerprint density at radius 1 is 1.32 bits per heavy atom. The Kier molecular flexibility index (Phi) is 3.99. The van der Waals surface area contributed by atoms with Crippen LogP contribution in [0.1, 0.15) is 13.3 Å². The first-order valence-electron chi connectivity index (χ1n) is 8.61. The molecule has 132 valence electrons. The van der Waals surface area contributed by atoms with Crippen molar-refractivity contribution in [3.8, 4) is 11.5 Å². The van der Waals surface area contributed by atoms with Crippen LogP contribution in [-0.2, 0) is 6.54 Å². The Morgan fingerprint density at radius 3 is 2.76 bits per heavy atom. The summed E-state index contributed by atoms with van der Waals surface area (Å²) in [6, 6.07) is 9.44. The second kappa shape index (κ2) is 6.31. The number of carbonyl (C=O) groups is 1. The highest BCUT2D eigenvalue weighted by Crippen LogP contribution is 2.42. The number of nitrogens with one attached hydrogen (secondary N) is 1. The van der Waals surface area contributed by atoms with Crippen molar-refractivity contribution < 1.29 is 14.3 Å². The molecule has 2 aromatic rings. The molecule has 2 aliphatic heterocycles. The van der Waals surface area contributed by atoms with E-state index in [0.29, 0.717) is 32.0 Å². The molecule has 3 heterocycles. The fraction of sp³-hybridized carbons (Fsp3) is 0.444. The van der Waals surface area contributed by atoms with Crippen LogP contribution in [0.4, 0.5) is 4.79 Å². The van der Waals surface area contributed by atoms with Crippen molar-refractivity contribution in [3.63, 3.8) is 0 Å². The number of amides is 2. The molecule has 2 aliphatic rings. The Labute approximate surface area is 146 Å². The minimum Gasteiger partial charge on any atom is -0.447 e. The highest BCUT2D eigenvalue weighted by Gasteiger charge is 2.48. The summed E-state index contributed by atoms with van der Waals surface area (Å²) in [5.41, 5.74) is 0. The standard InChI is InChI=1S/C18H22N4O3/c1-14(12-22-9-4-8-20-22)11-19-17(23)21-10-7-18(13-21)24-15-5-2-3-6-16(15)25-18/h2-6,8-9,14H,7,10-13H2,1H3,(H,19,23). The first-order chi connectivity index (χ1) is 12.1. The number of para-hydroxylation sites is 2. The van der Waals surface area contributed by atoms with Crippen molar-refractivity contribution in [1.29, 1.82) is 0 Å². The Balaban J connectivity index is 1.28. The second-order valence-electron chi connectivity index (χ2n) is 6.75. The van der Waals surface area contributed by atoms with Crippen molar-refractivity contribution >= 4 is 6.03 Å². The maximum atomic E-state index is 12.4. The molecule has 0 aliphatic carbocycles. The van der Waals surface area contributed by atoms with E-state index in [2.05, 4.69) is 17.3 Å². The van der Waals surface area contributed by atoms with Crippen LogP contribution in [0.25, 0.3) is 0 Å². The van der Waals surface area contributed by atoms with Gasteiger partial charge in [0.1, 0.15) is 0 Å². The number of urea groups is 1. The second-order valence-corrected chi connectivity index (χ2v) is 6.75. The lowest BCUT2D eigenvalue weighted by Gasteiger charge is -2.23. The van der Waals surface area contributed by atoms with E-state index >= 15 is 0 Å². The number of aromatic nitrogens is 2. The van der Waals surface area contributed by atoms with Crippen molar-refractivity contribution in [2.24, 2.45) is 5.92 Å². The summed E-state index contributed by atoms with van der Waals surface area (Å²) in [6.45, 7) is 4.52. The predicted molar refractivity (Wildman–Crippen MR) is 91.4 cm³/mol. The zero-order chi connectivity index (χ0) is 17.3. The molecule has 0 bridgehead atoms. The quantitative estimate of drug-likeness (QED) is 0.924. The lowest BCUT2D eigenvalue weighted by molar-refractivity contribution is -0.0650. The average Bonchev–Trinajstić information content (AvgIpc) is 3.32. The van der Waals surface area contributed by atoms with E-state index in [1.54, 1.807) is 11.1 Å². The van der Waals surface area contributed by atoms with Gasteiger partial charge in [-0.1, -0.05) is 19.1 Å². The topological polar surface area (TPSA) is 68.6 Å². The summed E-state index contributed by atoms with van der Waals surface area (Å²) in [7, 11) is 0. The first kappa shape index (κ1) is 15.8. The van der Waals surface area contributed by atoms with Crippen molar-refractivity contribution in [2.45, 2.75) is 25.7 Å². The third-order valence-corrected chi connectivity index (χ3v) is 4.58. The number of carbonyl (C=O) groups excluding carboxylic acids is 1. The number of likely N-dealkylation sites (tertiary alicyclic amines) is 1. The Hall–Kier alpha value is -2.70. The lowest BCUT2D eigenvalue weighted by atomic mass is 10.2. The van der Waals surface area contributed by atoms with Crippen LogP contribution in [0, 0.1) is 5.92 Å². The van der Waals surface area contributed by atoms with Crippen LogP contribution in [0.3, 0.4) is 0 Å². The van der Waals surface area contributed by atoms with Gasteiger partial charge in [-0.25, -0.2) is 4.79 Å². The van der Waals surface area contributed by atoms with E-state index in [1.165, 1.54) is 0 Å². The maximum Gasteiger partial charge on any atom is 0.317 e. The van der Waals surface area contributed by atoms with E-state index in [-0.39, 0.29) is 6.03 Å². The van der Waals surface area contributed by atoms with Gasteiger partial charge in [0.05, 0.1) is 6.54 Å². The van der Waals surface area contributed by atoms with Gasteiger partial charge in [0.2, 0.25) is 0 Å². The third kappa shape index (κ3) is 3.26. The van der Waals surface area contributed by atoms with Crippen LogP contribution in [0.15, 0.2) is 42.7 Å². The molecule has 1 saturated heterocycles. The molecule has 1 unspecified atom stereocenters. The van der Waals surface area contributed by atoms with Gasteiger partial charge in [-0.3, -0.25) is 4.68 Å². The van der Waals surface area contributed by atoms with Gasteiger partial charge >= 0.3 is 6.03 Å². The molecule has 1 aromatic heterocycles. The normalized spacial score (nSPS) is 18.5. The molecule has 1 spiro atoms. The fourth-order valence-corrected chi connectivity index (χ4v) is 3.30. The van der Waals surface area contributed by atoms with Gasteiger partial charge in [0, 0.05) is 38.4 Å². The smallest absolute Gasteiger partial charge is 0.317 e. The summed E-state index contributed by atoms with van der Waals surface area (Å²) in [6.07, 6.45) is 4.35. The van der Waals surface area contributed by atoms with Crippen LogP contribution in [0.2, 0.25) is 0 Å². The van der Waals surface area contributed by atoms with E-state index < -0.39 is 5.79 Å². The summed E-state index contributed by atoms with van der Waals surface area (Å²) < 4.78 is 13.8. The van der Waals surface area contributed by atoms with Crippen LogP contribution in [-0.4, -0.2) is 46.1 Å². The summed E-state index contributed by atoms with van der Waals surface area (Å²) in [4.78, 5) is 14.2. The van der Waals surface area contributed by atoms with E-state index in [9.17, 15) is 4.79 Å². The molecule has 1 N–H and O–H groups in total. The molecule has 2 amide bonds. The maximum absolute atomic E-state index is 12.4. The Bertz CT molecular complexity index is 722. The zero-order valence-corrected chi connectivity index (χ0v) is 14.2. The number of nitrogens with zero attached hydrogens (tertiary/aromatic N) is 3. The SMILES string of the molecule is CC(CNC(=O)N1CCC2(C1)Oc1ccccc1O2)Cn1cccn1. The number of rotatable bonds is 4. The Morgan fingerprint density at radius 2 is 2.08 bits per heavy atom. The minimum absolute atomic E-state index is 0.0765. The van der Waals surface area contributed by atoms with Crippen molar-refractivity contribution in [1.82, 2.24) is 20.0 Å². The van der Waals surface area contributed by atoms with Crippen molar-refractivity contribution in [3.05, 3.63) is 42.7 Å². The van der Waals surface area contributed by atoms with Gasteiger partial charge in [-0.15, -0.1) is 0 Å². The molecule has 1 aromatic carbocycles. The lowest BCUT2D eigenvalue weighted by Crippen LogP contribution is -2.46. The largest absolute Gasteiger partial charge is 0.447 e. The van der Waals surface area contributed by atoms with Gasteiger partial charge in [0.15, 0.2) is 11.5 Å². The molecule has 7 nitrogen and oxygen atoms in total. The monoisotopic (exact) mass is 342 g/mol. The van der Waals surface area contributed by atoms with Gasteiger partial charge < -0.3 is 19.7 Å². The third-order valence-electron chi connectivity index (χ3n) is 4.58. The highest BCUT2D eigenvalue weighted by molar-refractivity contribution is 5.74. The summed E-state index contributed by atoms with van der Waals surface area (Å²) in [5.74, 6) is 1.06. The average molecular weight is 342 g/mol. The number of hydrogen-bond donors (Lipinski definition) is 1. The highest BCUT2D eigenvalue weighted by atomic mass is 16.7. The number of benzene rings is 1. The molecule has 0 saturated carbocycles. The van der Waals surface area contributed by atoms with Gasteiger partial charge in [-0.2, -0.15) is 5.10 Å². The molecule has 25 heavy (non-hydrogen) atoms. The predicted octanol–water partition coefficient (Wildman–Crippen LogP) is 2.10. The molecule has 1 atom stereocenters. The minimum atomic E-state index is -0.734. The number of fused-ring (bicyclic) bond motifs is 1. The zero-order valence-electron chi connectivity index (χ0n) is 14.2. The molecule has 0 radical (unpaired) electrons. The van der Waals surface area contributed by atoms with E-state index in [1.807, 2.05) is 41.2 Å². The number of hydrogen-bond acceptors (Lipinski definition) is 4. The fourth-order valence-electron chi connectivity index (χ4n) is 3.30. The van der Waals surface area contributed by atoms with Crippen LogP contribution in [0.5, 0.6) is 11.5 Å². The molecular weight excluding hydrogens is 320 g/mol. The molecule has 4 rings (SSSR count). The first-order valence-corrected chi connectivity index (χ1v) is 8.61. The van der Waals surface area contributed by atoms with Gasteiger partial charge in [0.25, 0.3) is 5.79 Å². The van der Waals surface area contributed by atoms with Crippen molar-refractivity contribution in [2.75, 3.05) is 19.6 Å². The molecule has 1 fully saturated rings.